The van der Waals surface area contributed by atoms with Crippen LogP contribution in [0.2, 0.25) is 0 Å². The van der Waals surface area contributed by atoms with Crippen LogP contribution in [0.4, 0.5) is 13.9 Å². The number of rotatable bonds is 6. The minimum absolute atomic E-state index is 0.0601. The number of carbonyl (C=O) groups excluding carboxylic acids is 1. The van der Waals surface area contributed by atoms with Gasteiger partial charge >= 0.3 is 6.61 Å². The van der Waals surface area contributed by atoms with Gasteiger partial charge in [0.1, 0.15) is 10.8 Å². The van der Waals surface area contributed by atoms with Crippen LogP contribution in [0.25, 0.3) is 0 Å². The van der Waals surface area contributed by atoms with E-state index in [-0.39, 0.29) is 24.0 Å². The zero-order valence-electron chi connectivity index (χ0n) is 12.0. The second kappa shape index (κ2) is 7.26. The smallest absolute Gasteiger partial charge is 0.387 e. The molecule has 0 aliphatic rings. The first kappa shape index (κ1) is 16.3. The third-order valence-electron chi connectivity index (χ3n) is 2.69. The predicted octanol–water partition coefficient (Wildman–Crippen LogP) is 3.44. The molecule has 0 atom stereocenters. The van der Waals surface area contributed by atoms with Crippen LogP contribution in [0.1, 0.15) is 30.3 Å². The summed E-state index contributed by atoms with van der Waals surface area (Å²) >= 11 is 1.33. The number of nitrogens with zero attached hydrogens (tertiary/aromatic N) is 2. The highest BCUT2D eigenvalue weighted by atomic mass is 32.1. The highest BCUT2D eigenvalue weighted by molar-refractivity contribution is 7.15. The number of benzene rings is 1. The highest BCUT2D eigenvalue weighted by Crippen LogP contribution is 2.22. The Morgan fingerprint density at radius 3 is 2.50 bits per heavy atom. The standard InChI is InChI=1S/C14H15F2N3O2S/c1-8(2)12-18-19-14(22-12)17-11(20)7-9-3-5-10(6-4-9)21-13(15)16/h3-6,8,13H,7H2,1-2H3,(H,17,19,20). The summed E-state index contributed by atoms with van der Waals surface area (Å²) in [5.74, 6) is 0.0735. The number of halogens is 2. The van der Waals surface area contributed by atoms with E-state index in [9.17, 15) is 13.6 Å². The van der Waals surface area contributed by atoms with E-state index in [1.165, 1.54) is 23.5 Å². The van der Waals surface area contributed by atoms with Crippen LogP contribution < -0.4 is 10.1 Å². The summed E-state index contributed by atoms with van der Waals surface area (Å²) in [7, 11) is 0. The van der Waals surface area contributed by atoms with Gasteiger partial charge in [0, 0.05) is 5.92 Å². The van der Waals surface area contributed by atoms with E-state index in [0.29, 0.717) is 10.7 Å². The molecule has 2 rings (SSSR count). The molecule has 1 heterocycles. The average molecular weight is 327 g/mol. The van der Waals surface area contributed by atoms with Crippen LogP contribution in [-0.2, 0) is 11.2 Å². The van der Waals surface area contributed by atoms with Crippen molar-refractivity contribution < 1.29 is 18.3 Å². The van der Waals surface area contributed by atoms with Crippen LogP contribution in [-0.4, -0.2) is 22.7 Å². The van der Waals surface area contributed by atoms with Gasteiger partial charge in [0.05, 0.1) is 6.42 Å². The Morgan fingerprint density at radius 1 is 1.27 bits per heavy atom. The molecule has 0 unspecified atom stereocenters. The van der Waals surface area contributed by atoms with Crippen molar-refractivity contribution in [1.29, 1.82) is 0 Å². The van der Waals surface area contributed by atoms with Gasteiger partial charge in [0.25, 0.3) is 0 Å². The van der Waals surface area contributed by atoms with Crippen LogP contribution in [0.3, 0.4) is 0 Å². The maximum Gasteiger partial charge on any atom is 0.387 e. The number of amides is 1. The quantitative estimate of drug-likeness (QED) is 0.883. The molecule has 5 nitrogen and oxygen atoms in total. The Balaban J connectivity index is 1.91. The SMILES string of the molecule is CC(C)c1nnc(NC(=O)Cc2ccc(OC(F)F)cc2)s1. The second-order valence-electron chi connectivity index (χ2n) is 4.85. The fourth-order valence-electron chi connectivity index (χ4n) is 1.66. The minimum Gasteiger partial charge on any atom is -0.435 e. The summed E-state index contributed by atoms with van der Waals surface area (Å²) < 4.78 is 28.3. The van der Waals surface area contributed by atoms with Crippen molar-refractivity contribution in [2.24, 2.45) is 0 Å². The summed E-state index contributed by atoms with van der Waals surface area (Å²) in [4.78, 5) is 11.9. The summed E-state index contributed by atoms with van der Waals surface area (Å²) in [5, 5.41) is 11.8. The maximum atomic E-state index is 12.0. The minimum atomic E-state index is -2.86. The molecular weight excluding hydrogens is 312 g/mol. The average Bonchev–Trinajstić information content (AvgIpc) is 2.89. The number of aromatic nitrogens is 2. The molecule has 8 heteroatoms. The molecule has 0 bridgehead atoms. The lowest BCUT2D eigenvalue weighted by Gasteiger charge is -2.05. The molecule has 1 N–H and O–H groups in total. The molecule has 2 aromatic rings. The van der Waals surface area contributed by atoms with E-state index < -0.39 is 6.61 Å². The van der Waals surface area contributed by atoms with Crippen molar-refractivity contribution in [3.8, 4) is 5.75 Å². The van der Waals surface area contributed by atoms with Crippen molar-refractivity contribution in [3.05, 3.63) is 34.8 Å². The summed E-state index contributed by atoms with van der Waals surface area (Å²) in [6, 6.07) is 5.93. The van der Waals surface area contributed by atoms with Crippen molar-refractivity contribution in [2.45, 2.75) is 32.8 Å². The first-order valence-electron chi connectivity index (χ1n) is 6.61. The Hall–Kier alpha value is -2.09. The van der Waals surface area contributed by atoms with Gasteiger partial charge < -0.3 is 10.1 Å². The Bertz CT molecular complexity index is 629. The van der Waals surface area contributed by atoms with Crippen LogP contribution >= 0.6 is 11.3 Å². The van der Waals surface area contributed by atoms with Gasteiger partial charge in [-0.3, -0.25) is 4.79 Å². The number of alkyl halides is 2. The van der Waals surface area contributed by atoms with E-state index >= 15 is 0 Å². The fourth-order valence-corrected chi connectivity index (χ4v) is 2.42. The van der Waals surface area contributed by atoms with E-state index in [1.54, 1.807) is 12.1 Å². The van der Waals surface area contributed by atoms with Crippen LogP contribution in [0, 0.1) is 0 Å². The molecule has 0 saturated carbocycles. The number of anilines is 1. The summed E-state index contributed by atoms with van der Waals surface area (Å²) in [6.07, 6.45) is 0.117. The van der Waals surface area contributed by atoms with Gasteiger partial charge in [0.15, 0.2) is 0 Å². The molecule has 0 fully saturated rings. The molecule has 0 aliphatic carbocycles. The van der Waals surface area contributed by atoms with E-state index in [4.69, 9.17) is 0 Å². The molecule has 1 aromatic carbocycles. The van der Waals surface area contributed by atoms with Gasteiger partial charge in [0.2, 0.25) is 11.0 Å². The lowest BCUT2D eigenvalue weighted by atomic mass is 10.1. The Kier molecular flexibility index (Phi) is 5.37. The predicted molar refractivity (Wildman–Crippen MR) is 79.4 cm³/mol. The van der Waals surface area contributed by atoms with Crippen LogP contribution in [0.15, 0.2) is 24.3 Å². The molecule has 118 valence electrons. The van der Waals surface area contributed by atoms with Crippen molar-refractivity contribution in [2.75, 3.05) is 5.32 Å². The monoisotopic (exact) mass is 327 g/mol. The number of carbonyl (C=O) groups is 1. The van der Waals surface area contributed by atoms with Crippen molar-refractivity contribution in [3.63, 3.8) is 0 Å². The van der Waals surface area contributed by atoms with Gasteiger partial charge in [-0.05, 0) is 17.7 Å². The molecule has 1 amide bonds. The first-order chi connectivity index (χ1) is 10.4. The number of hydrogen-bond donors (Lipinski definition) is 1. The summed E-state index contributed by atoms with van der Waals surface area (Å²) in [6.45, 7) is 1.13. The van der Waals surface area contributed by atoms with Gasteiger partial charge in [-0.2, -0.15) is 8.78 Å². The molecule has 0 aliphatic heterocycles. The molecule has 1 aromatic heterocycles. The first-order valence-corrected chi connectivity index (χ1v) is 7.42. The Morgan fingerprint density at radius 2 is 1.95 bits per heavy atom. The summed E-state index contributed by atoms with van der Waals surface area (Å²) in [5.41, 5.74) is 0.688. The van der Waals surface area contributed by atoms with Gasteiger partial charge in [-0.25, -0.2) is 0 Å². The Labute approximate surface area is 130 Å². The van der Waals surface area contributed by atoms with Gasteiger partial charge in [-0.1, -0.05) is 37.3 Å². The van der Waals surface area contributed by atoms with E-state index in [1.807, 2.05) is 13.8 Å². The third-order valence-corrected chi connectivity index (χ3v) is 3.83. The lowest BCUT2D eigenvalue weighted by Crippen LogP contribution is -2.14. The van der Waals surface area contributed by atoms with Crippen LogP contribution in [0.5, 0.6) is 5.75 Å². The number of nitrogens with one attached hydrogen (secondary N) is 1. The second-order valence-corrected chi connectivity index (χ2v) is 5.86. The zero-order valence-corrected chi connectivity index (χ0v) is 12.9. The zero-order chi connectivity index (χ0) is 16.1. The molecular formula is C14H15F2N3O2S. The molecule has 0 radical (unpaired) electrons. The van der Waals surface area contributed by atoms with Crippen molar-refractivity contribution >= 4 is 22.4 Å². The topological polar surface area (TPSA) is 64.1 Å². The molecule has 22 heavy (non-hydrogen) atoms. The third kappa shape index (κ3) is 4.73. The number of hydrogen-bond acceptors (Lipinski definition) is 5. The van der Waals surface area contributed by atoms with E-state index in [0.717, 1.165) is 5.01 Å². The largest absolute Gasteiger partial charge is 0.435 e. The fraction of sp³-hybridized carbons (Fsp3) is 0.357. The number of ether oxygens (including phenoxy) is 1. The van der Waals surface area contributed by atoms with E-state index in [2.05, 4.69) is 20.3 Å². The highest BCUT2D eigenvalue weighted by Gasteiger charge is 2.11. The van der Waals surface area contributed by atoms with Gasteiger partial charge in [-0.15, -0.1) is 10.2 Å². The maximum absolute atomic E-state index is 12.0. The normalized spacial score (nSPS) is 11.0. The molecule has 0 spiro atoms. The van der Waals surface area contributed by atoms with Crippen molar-refractivity contribution in [1.82, 2.24) is 10.2 Å². The molecule has 0 saturated heterocycles. The lowest BCUT2D eigenvalue weighted by molar-refractivity contribution is -0.115.